The van der Waals surface area contributed by atoms with E-state index >= 15 is 0 Å². The molecule has 1 atom stereocenters. The first-order valence-electron chi connectivity index (χ1n) is 5.64. The zero-order valence-electron chi connectivity index (χ0n) is 9.05. The van der Waals surface area contributed by atoms with Gasteiger partial charge in [-0.05, 0) is 32.6 Å². The smallest absolute Gasteiger partial charge is 0.0222 e. The molecule has 0 bridgehead atoms. The molecule has 0 amide bonds. The fraction of sp³-hybridized carbons (Fsp3) is 0.833. The van der Waals surface area contributed by atoms with Crippen LogP contribution in [0.1, 0.15) is 52.4 Å². The predicted molar refractivity (Wildman–Crippen MR) is 58.6 cm³/mol. The highest BCUT2D eigenvalue weighted by Gasteiger charge is 2.10. The average molecular weight is 181 g/mol. The van der Waals surface area contributed by atoms with Gasteiger partial charge in [-0.2, -0.15) is 0 Å². The number of hydrogen-bond acceptors (Lipinski definition) is 1. The second-order valence-electron chi connectivity index (χ2n) is 4.45. The summed E-state index contributed by atoms with van der Waals surface area (Å²) in [4.78, 5) is 0. The van der Waals surface area contributed by atoms with E-state index in [4.69, 9.17) is 5.73 Å². The molecule has 0 aromatic heterocycles. The van der Waals surface area contributed by atoms with Crippen molar-refractivity contribution in [3.05, 3.63) is 11.6 Å². The molecule has 1 heteroatoms. The van der Waals surface area contributed by atoms with Crippen LogP contribution in [-0.2, 0) is 0 Å². The maximum atomic E-state index is 5.82. The van der Waals surface area contributed by atoms with Crippen LogP contribution in [0.2, 0.25) is 0 Å². The lowest BCUT2D eigenvalue weighted by atomic mass is 9.96. The van der Waals surface area contributed by atoms with Gasteiger partial charge in [0.05, 0.1) is 0 Å². The number of hydrogen-bond donors (Lipinski definition) is 1. The maximum absolute atomic E-state index is 5.82. The Labute approximate surface area is 82.4 Å². The van der Waals surface area contributed by atoms with Gasteiger partial charge in [-0.25, -0.2) is 0 Å². The lowest BCUT2D eigenvalue weighted by molar-refractivity contribution is 0.552. The van der Waals surface area contributed by atoms with Gasteiger partial charge in [-0.15, -0.1) is 0 Å². The Balaban J connectivity index is 2.45. The van der Waals surface area contributed by atoms with Gasteiger partial charge in [0.15, 0.2) is 0 Å². The lowest BCUT2D eigenvalue weighted by Gasteiger charge is -2.12. The van der Waals surface area contributed by atoms with Crippen LogP contribution in [0.25, 0.3) is 0 Å². The van der Waals surface area contributed by atoms with E-state index in [9.17, 15) is 0 Å². The van der Waals surface area contributed by atoms with E-state index < -0.39 is 0 Å². The van der Waals surface area contributed by atoms with Crippen molar-refractivity contribution in [1.29, 1.82) is 0 Å². The third kappa shape index (κ3) is 3.95. The first-order valence-corrected chi connectivity index (χ1v) is 5.64. The van der Waals surface area contributed by atoms with Crippen LogP contribution in [0.5, 0.6) is 0 Å². The molecule has 1 rings (SSSR count). The lowest BCUT2D eigenvalue weighted by Crippen LogP contribution is -2.16. The van der Waals surface area contributed by atoms with Crippen LogP contribution in [0.4, 0.5) is 0 Å². The van der Waals surface area contributed by atoms with Gasteiger partial charge in [0, 0.05) is 6.04 Å². The fourth-order valence-corrected chi connectivity index (χ4v) is 2.00. The Hall–Kier alpha value is -0.300. The highest BCUT2D eigenvalue weighted by molar-refractivity contribution is 5.07. The molecule has 13 heavy (non-hydrogen) atoms. The van der Waals surface area contributed by atoms with Crippen LogP contribution < -0.4 is 5.73 Å². The normalized spacial score (nSPS) is 24.1. The maximum Gasteiger partial charge on any atom is 0.0222 e. The Morgan fingerprint density at radius 3 is 2.23 bits per heavy atom. The molecule has 0 heterocycles. The molecule has 0 radical (unpaired) electrons. The van der Waals surface area contributed by atoms with Crippen molar-refractivity contribution in [3.63, 3.8) is 0 Å². The summed E-state index contributed by atoms with van der Waals surface area (Å²) in [6, 6.07) is 0.239. The standard InChI is InChI=1S/C12H23N/c1-10(11(2)13)9-12-7-5-3-4-6-8-12/h9,11-12H,3-8,13H2,1-2H3. The summed E-state index contributed by atoms with van der Waals surface area (Å²) in [7, 11) is 0. The van der Waals surface area contributed by atoms with E-state index in [0.29, 0.717) is 0 Å². The molecule has 1 saturated carbocycles. The van der Waals surface area contributed by atoms with E-state index in [-0.39, 0.29) is 6.04 Å². The fourth-order valence-electron chi connectivity index (χ4n) is 2.00. The summed E-state index contributed by atoms with van der Waals surface area (Å²) in [6.07, 6.45) is 10.9. The first kappa shape index (κ1) is 10.8. The SMILES string of the molecule is CC(=CC1CCCCCC1)C(C)N. The highest BCUT2D eigenvalue weighted by Crippen LogP contribution is 2.24. The van der Waals surface area contributed by atoms with Gasteiger partial charge in [-0.3, -0.25) is 0 Å². The molecular formula is C12H23N. The third-order valence-electron chi connectivity index (χ3n) is 3.12. The van der Waals surface area contributed by atoms with E-state index in [1.54, 1.807) is 0 Å². The summed E-state index contributed by atoms with van der Waals surface area (Å²) in [5.74, 6) is 0.813. The summed E-state index contributed by atoms with van der Waals surface area (Å²) < 4.78 is 0. The van der Waals surface area contributed by atoms with Crippen LogP contribution in [0.3, 0.4) is 0 Å². The van der Waals surface area contributed by atoms with Crippen molar-refractivity contribution >= 4 is 0 Å². The summed E-state index contributed by atoms with van der Waals surface area (Å²) in [5.41, 5.74) is 7.19. The molecule has 1 aliphatic carbocycles. The molecule has 1 unspecified atom stereocenters. The zero-order chi connectivity index (χ0) is 9.68. The third-order valence-corrected chi connectivity index (χ3v) is 3.12. The Morgan fingerprint density at radius 1 is 1.23 bits per heavy atom. The Bertz CT molecular complexity index is 162. The van der Waals surface area contributed by atoms with E-state index in [0.717, 1.165) is 5.92 Å². The van der Waals surface area contributed by atoms with Crippen LogP contribution >= 0.6 is 0 Å². The quantitative estimate of drug-likeness (QED) is 0.513. The van der Waals surface area contributed by atoms with Gasteiger partial charge in [0.1, 0.15) is 0 Å². The van der Waals surface area contributed by atoms with Gasteiger partial charge in [0.2, 0.25) is 0 Å². The van der Waals surface area contributed by atoms with Crippen molar-refractivity contribution in [2.24, 2.45) is 11.7 Å². The molecule has 1 fully saturated rings. The number of rotatable bonds is 2. The van der Waals surface area contributed by atoms with Crippen LogP contribution in [0.15, 0.2) is 11.6 Å². The summed E-state index contributed by atoms with van der Waals surface area (Å²) in [6.45, 7) is 4.23. The van der Waals surface area contributed by atoms with Gasteiger partial charge >= 0.3 is 0 Å². The van der Waals surface area contributed by atoms with Gasteiger partial charge in [0.25, 0.3) is 0 Å². The van der Waals surface area contributed by atoms with E-state index in [1.807, 2.05) is 0 Å². The molecule has 1 aliphatic rings. The molecule has 76 valence electrons. The second kappa shape index (κ2) is 5.43. The van der Waals surface area contributed by atoms with Gasteiger partial charge in [-0.1, -0.05) is 37.3 Å². The predicted octanol–water partition coefficient (Wildman–Crippen LogP) is 3.25. The first-order chi connectivity index (χ1) is 6.20. The van der Waals surface area contributed by atoms with Crippen molar-refractivity contribution in [1.82, 2.24) is 0 Å². The number of nitrogens with two attached hydrogens (primary N) is 1. The molecular weight excluding hydrogens is 158 g/mol. The zero-order valence-corrected chi connectivity index (χ0v) is 9.05. The largest absolute Gasteiger partial charge is 0.324 e. The molecule has 1 nitrogen and oxygen atoms in total. The van der Waals surface area contributed by atoms with E-state index in [2.05, 4.69) is 19.9 Å². The minimum Gasteiger partial charge on any atom is -0.324 e. The molecule has 2 N–H and O–H groups in total. The molecule has 0 aromatic carbocycles. The molecule has 0 saturated heterocycles. The average Bonchev–Trinajstić information content (AvgIpc) is 2.32. The molecule has 0 spiro atoms. The summed E-state index contributed by atoms with van der Waals surface area (Å²) >= 11 is 0. The number of allylic oxidation sites excluding steroid dienone is 1. The monoisotopic (exact) mass is 181 g/mol. The Morgan fingerprint density at radius 2 is 1.77 bits per heavy atom. The van der Waals surface area contributed by atoms with Crippen molar-refractivity contribution in [2.45, 2.75) is 58.4 Å². The van der Waals surface area contributed by atoms with Crippen molar-refractivity contribution < 1.29 is 0 Å². The minimum absolute atomic E-state index is 0.239. The van der Waals surface area contributed by atoms with E-state index in [1.165, 1.54) is 44.1 Å². The summed E-state index contributed by atoms with van der Waals surface area (Å²) in [5, 5.41) is 0. The highest BCUT2D eigenvalue weighted by atomic mass is 14.6. The van der Waals surface area contributed by atoms with Crippen molar-refractivity contribution in [2.75, 3.05) is 0 Å². The minimum atomic E-state index is 0.239. The topological polar surface area (TPSA) is 26.0 Å². The van der Waals surface area contributed by atoms with Crippen molar-refractivity contribution in [3.8, 4) is 0 Å². The van der Waals surface area contributed by atoms with Crippen LogP contribution in [0, 0.1) is 5.92 Å². The Kier molecular flexibility index (Phi) is 4.51. The van der Waals surface area contributed by atoms with Crippen LogP contribution in [-0.4, -0.2) is 6.04 Å². The molecule has 0 aliphatic heterocycles. The second-order valence-corrected chi connectivity index (χ2v) is 4.45. The molecule has 0 aromatic rings. The van der Waals surface area contributed by atoms with Gasteiger partial charge < -0.3 is 5.73 Å².